The minimum absolute atomic E-state index is 0.885. The highest BCUT2D eigenvalue weighted by atomic mass is 28.3. The summed E-state index contributed by atoms with van der Waals surface area (Å²) in [6.07, 6.45) is 1.93. The molecule has 0 amide bonds. The van der Waals surface area contributed by atoms with E-state index in [2.05, 4.69) is 211 Å². The number of benzene rings is 8. The van der Waals surface area contributed by atoms with E-state index >= 15 is 0 Å². The zero-order chi connectivity index (χ0) is 39.2. The van der Waals surface area contributed by atoms with E-state index < -0.39 is 8.07 Å². The Morgan fingerprint density at radius 3 is 1.63 bits per heavy atom. The van der Waals surface area contributed by atoms with Crippen LogP contribution in [0.4, 0.5) is 22.7 Å². The maximum atomic E-state index is 6.76. The van der Waals surface area contributed by atoms with Crippen LogP contribution in [-0.4, -0.2) is 17.6 Å². The van der Waals surface area contributed by atoms with Crippen LogP contribution in [0.2, 0.25) is 0 Å². The Hall–Kier alpha value is -7.51. The van der Waals surface area contributed by atoms with E-state index in [0.29, 0.717) is 0 Å². The summed E-state index contributed by atoms with van der Waals surface area (Å²) >= 11 is 0. The third-order valence-electron chi connectivity index (χ3n) is 11.6. The highest BCUT2D eigenvalue weighted by molar-refractivity contribution is 7.20. The average molecular weight is 775 g/mol. The van der Waals surface area contributed by atoms with Gasteiger partial charge in [-0.3, -0.25) is 4.57 Å². The first-order chi connectivity index (χ1) is 29.3. The van der Waals surface area contributed by atoms with Crippen LogP contribution in [0.1, 0.15) is 0 Å². The molecule has 11 rings (SSSR count). The topological polar surface area (TPSA) is 33.5 Å². The molecular weight excluding hydrogens is 737 g/mol. The normalized spacial score (nSPS) is 12.6. The summed E-state index contributed by atoms with van der Waals surface area (Å²) in [6.45, 7) is 0. The highest BCUT2D eigenvalue weighted by Crippen LogP contribution is 2.44. The summed E-state index contributed by atoms with van der Waals surface area (Å²) in [7, 11) is -3.04. The largest absolute Gasteiger partial charge is 0.294 e. The minimum Gasteiger partial charge on any atom is -0.294 e. The molecule has 0 bridgehead atoms. The third-order valence-corrected chi connectivity index (χ3v) is 16.3. The van der Waals surface area contributed by atoms with E-state index in [1.807, 2.05) is 34.5 Å². The Morgan fingerprint density at radius 1 is 0.373 bits per heavy atom. The molecule has 0 aliphatic carbocycles. The summed E-state index contributed by atoms with van der Waals surface area (Å²) in [6, 6.07) is 80.5. The molecule has 0 saturated carbocycles. The van der Waals surface area contributed by atoms with Crippen LogP contribution >= 0.6 is 0 Å². The van der Waals surface area contributed by atoms with Gasteiger partial charge in [-0.1, -0.05) is 164 Å². The van der Waals surface area contributed by atoms with Crippen molar-refractivity contribution in [2.45, 2.75) is 0 Å². The summed E-state index contributed by atoms with van der Waals surface area (Å²) in [5.74, 6) is 0.885. The fourth-order valence-electron chi connectivity index (χ4n) is 8.96. The van der Waals surface area contributed by atoms with Crippen LogP contribution in [-0.2, 0) is 4.94 Å². The smallest absolute Gasteiger partial charge is 0.179 e. The molecule has 2 aromatic heterocycles. The molecule has 3 heterocycles. The van der Waals surface area contributed by atoms with Gasteiger partial charge in [-0.05, 0) is 92.5 Å². The van der Waals surface area contributed by atoms with Gasteiger partial charge in [-0.2, -0.15) is 10.1 Å². The molecule has 280 valence electrons. The van der Waals surface area contributed by atoms with E-state index in [-0.39, 0.29) is 0 Å². The van der Waals surface area contributed by atoms with Gasteiger partial charge >= 0.3 is 0 Å². The molecular formula is C53H38N4OSi. The summed E-state index contributed by atoms with van der Waals surface area (Å²) in [5, 5.41) is 11.4. The van der Waals surface area contributed by atoms with Gasteiger partial charge < -0.3 is 0 Å². The number of rotatable bonds is 8. The van der Waals surface area contributed by atoms with Crippen molar-refractivity contribution in [3.63, 3.8) is 0 Å². The van der Waals surface area contributed by atoms with E-state index in [1.165, 1.54) is 31.5 Å². The van der Waals surface area contributed by atoms with E-state index in [1.54, 1.807) is 0 Å². The number of aromatic nitrogens is 2. The fraction of sp³-hybridized carbons (Fsp3) is 0. The standard InChI is InChI=1S/C53H38N4OSi/c1-5-18-39(19-6-1)40-34-35-54-53(36-40)55-49-29-14-13-28-47(49)48-33-32-46(38-52(48)55)59(43-23-9-3-10-24-43,44-25-11-4-12-26-44)45-27-17-22-42(37-45)57-51-31-16-15-30-50(51)56(58-57)41-20-7-2-8-21-41/h1-38H. The lowest BCUT2D eigenvalue weighted by Gasteiger charge is -2.35. The van der Waals surface area contributed by atoms with Gasteiger partial charge in [0.1, 0.15) is 5.82 Å². The predicted molar refractivity (Wildman–Crippen MR) is 246 cm³/mol. The van der Waals surface area contributed by atoms with Gasteiger partial charge in [0.05, 0.1) is 33.8 Å². The maximum absolute atomic E-state index is 6.76. The van der Waals surface area contributed by atoms with Gasteiger partial charge in [0.15, 0.2) is 8.07 Å². The molecule has 0 N–H and O–H groups in total. The van der Waals surface area contributed by atoms with E-state index in [9.17, 15) is 0 Å². The first-order valence-electron chi connectivity index (χ1n) is 20.0. The first-order valence-corrected chi connectivity index (χ1v) is 22.0. The Balaban J connectivity index is 1.15. The van der Waals surface area contributed by atoms with Crippen LogP contribution in [0, 0.1) is 0 Å². The van der Waals surface area contributed by atoms with Crippen molar-refractivity contribution in [1.82, 2.24) is 9.55 Å². The monoisotopic (exact) mass is 774 g/mol. The number of hydrogen-bond acceptors (Lipinski definition) is 4. The zero-order valence-electron chi connectivity index (χ0n) is 32.1. The van der Waals surface area contributed by atoms with Crippen molar-refractivity contribution in [2.75, 3.05) is 10.1 Å². The van der Waals surface area contributed by atoms with Gasteiger partial charge in [0.2, 0.25) is 0 Å². The van der Waals surface area contributed by atoms with Crippen molar-refractivity contribution >= 4 is 73.4 Å². The Labute approximate surface area is 344 Å². The molecule has 0 radical (unpaired) electrons. The molecule has 8 aromatic carbocycles. The molecule has 0 unspecified atom stereocenters. The Kier molecular flexibility index (Phi) is 8.50. The summed E-state index contributed by atoms with van der Waals surface area (Å²) < 4.78 is 2.35. The predicted octanol–water partition coefficient (Wildman–Crippen LogP) is 10.4. The Morgan fingerprint density at radius 2 is 0.915 bits per heavy atom. The second-order valence-corrected chi connectivity index (χ2v) is 18.7. The molecule has 5 nitrogen and oxygen atoms in total. The molecule has 0 saturated heterocycles. The summed E-state index contributed by atoms with van der Waals surface area (Å²) in [4.78, 5) is 11.8. The molecule has 59 heavy (non-hydrogen) atoms. The molecule has 1 aliphatic rings. The molecule has 1 aliphatic heterocycles. The lowest BCUT2D eigenvalue weighted by Crippen LogP contribution is -2.74. The van der Waals surface area contributed by atoms with E-state index in [4.69, 9.17) is 9.92 Å². The maximum Gasteiger partial charge on any atom is 0.179 e. The number of para-hydroxylation sites is 4. The number of nitrogens with zero attached hydrogens (tertiary/aromatic N) is 4. The van der Waals surface area contributed by atoms with E-state index in [0.717, 1.165) is 50.7 Å². The van der Waals surface area contributed by atoms with Crippen LogP contribution in [0.15, 0.2) is 231 Å². The average Bonchev–Trinajstić information content (AvgIpc) is 3.87. The quantitative estimate of drug-likeness (QED) is 0.114. The lowest BCUT2D eigenvalue weighted by molar-refractivity contribution is 0.156. The van der Waals surface area contributed by atoms with Crippen molar-refractivity contribution in [3.8, 4) is 16.9 Å². The van der Waals surface area contributed by atoms with Gasteiger partial charge in [0.25, 0.3) is 0 Å². The second kappa shape index (κ2) is 14.5. The number of fused-ring (bicyclic) bond motifs is 4. The van der Waals surface area contributed by atoms with Crippen molar-refractivity contribution < 1.29 is 4.94 Å². The number of pyridine rings is 1. The fourth-order valence-corrected chi connectivity index (χ4v) is 13.7. The lowest BCUT2D eigenvalue weighted by atomic mass is 10.1. The molecule has 0 fully saturated rings. The van der Waals surface area contributed by atoms with Crippen LogP contribution < -0.4 is 30.9 Å². The second-order valence-electron chi connectivity index (χ2n) is 14.9. The first kappa shape index (κ1) is 34.7. The third kappa shape index (κ3) is 5.77. The van der Waals surface area contributed by atoms with Gasteiger partial charge in [-0.15, -0.1) is 4.94 Å². The van der Waals surface area contributed by atoms with Crippen LogP contribution in [0.25, 0.3) is 38.8 Å². The number of hydrogen-bond donors (Lipinski definition) is 0. The SMILES string of the molecule is c1ccc(-c2ccnc(-n3c4ccccc4c4ccc([Si](c5ccccc5)(c5ccccc5)c5cccc(N6ON(c7ccccc7)c7ccccc76)c5)cc43)c2)cc1. The van der Waals surface area contributed by atoms with Crippen molar-refractivity contribution in [2.24, 2.45) is 0 Å². The van der Waals surface area contributed by atoms with Crippen LogP contribution in [0.3, 0.4) is 0 Å². The van der Waals surface area contributed by atoms with Crippen LogP contribution in [0.5, 0.6) is 0 Å². The van der Waals surface area contributed by atoms with Gasteiger partial charge in [0, 0.05) is 17.0 Å². The molecule has 0 atom stereocenters. The number of anilines is 4. The van der Waals surface area contributed by atoms with Crippen molar-refractivity contribution in [1.29, 1.82) is 0 Å². The highest BCUT2D eigenvalue weighted by Gasteiger charge is 2.42. The van der Waals surface area contributed by atoms with Crippen molar-refractivity contribution in [3.05, 3.63) is 231 Å². The minimum atomic E-state index is -3.04. The molecule has 6 heteroatoms. The Bertz CT molecular complexity index is 3060. The zero-order valence-corrected chi connectivity index (χ0v) is 33.1. The summed E-state index contributed by atoms with van der Waals surface area (Å²) in [5.41, 5.74) is 8.42. The molecule has 0 spiro atoms. The van der Waals surface area contributed by atoms with Gasteiger partial charge in [-0.25, -0.2) is 4.98 Å². The molecule has 10 aromatic rings.